The Kier molecular flexibility index (Phi) is 5.13. The molecule has 2 amide bonds. The lowest BCUT2D eigenvalue weighted by Gasteiger charge is -2.41. The van der Waals surface area contributed by atoms with Crippen molar-refractivity contribution in [2.75, 3.05) is 46.4 Å². The molecule has 0 aliphatic carbocycles. The van der Waals surface area contributed by atoms with Gasteiger partial charge in [-0.1, -0.05) is 0 Å². The molecule has 0 bridgehead atoms. The molecule has 0 aromatic carbocycles. The first-order valence-corrected chi connectivity index (χ1v) is 9.65. The van der Waals surface area contributed by atoms with Crippen molar-refractivity contribution in [2.24, 2.45) is 11.3 Å². The SMILES string of the molecule is CC(=O)N1CC2(CCN(C(=O)C3CCN(C)CC3)CC2)C[C@]1(C)CO. The van der Waals surface area contributed by atoms with Crippen LogP contribution in [0.2, 0.25) is 0 Å². The maximum Gasteiger partial charge on any atom is 0.225 e. The zero-order chi connectivity index (χ0) is 18.2. The smallest absolute Gasteiger partial charge is 0.225 e. The highest BCUT2D eigenvalue weighted by Gasteiger charge is 2.52. The van der Waals surface area contributed by atoms with E-state index in [9.17, 15) is 14.7 Å². The summed E-state index contributed by atoms with van der Waals surface area (Å²) < 4.78 is 0. The van der Waals surface area contributed by atoms with E-state index < -0.39 is 5.54 Å². The van der Waals surface area contributed by atoms with Crippen molar-refractivity contribution >= 4 is 11.8 Å². The fraction of sp³-hybridized carbons (Fsp3) is 0.895. The zero-order valence-corrected chi connectivity index (χ0v) is 16.0. The Balaban J connectivity index is 1.60. The standard InChI is InChI=1S/C19H33N3O3/c1-15(24)22-13-19(12-18(22,2)14-23)6-10-21(11-7-19)17(25)16-4-8-20(3)9-5-16/h16,23H,4-14H2,1-3H3/t18-/m1/s1. The topological polar surface area (TPSA) is 64.1 Å². The summed E-state index contributed by atoms with van der Waals surface area (Å²) in [5, 5.41) is 9.83. The van der Waals surface area contributed by atoms with Gasteiger partial charge in [-0.05, 0) is 64.6 Å². The van der Waals surface area contributed by atoms with Gasteiger partial charge in [0, 0.05) is 32.5 Å². The molecule has 1 atom stereocenters. The molecule has 142 valence electrons. The van der Waals surface area contributed by atoms with Gasteiger partial charge in [0.1, 0.15) is 0 Å². The molecule has 0 radical (unpaired) electrons. The van der Waals surface area contributed by atoms with Crippen LogP contribution in [-0.4, -0.2) is 83.5 Å². The van der Waals surface area contributed by atoms with Gasteiger partial charge in [0.25, 0.3) is 0 Å². The highest BCUT2D eigenvalue weighted by molar-refractivity contribution is 5.79. The van der Waals surface area contributed by atoms with Crippen LogP contribution >= 0.6 is 0 Å². The predicted octanol–water partition coefficient (Wildman–Crippen LogP) is 0.940. The molecular formula is C19H33N3O3. The molecule has 1 N–H and O–H groups in total. The maximum absolute atomic E-state index is 12.8. The second kappa shape index (κ2) is 6.88. The summed E-state index contributed by atoms with van der Waals surface area (Å²) in [7, 11) is 2.12. The van der Waals surface area contributed by atoms with Crippen LogP contribution in [0.4, 0.5) is 0 Å². The third kappa shape index (κ3) is 3.56. The van der Waals surface area contributed by atoms with E-state index >= 15 is 0 Å². The molecule has 3 aliphatic heterocycles. The Bertz CT molecular complexity index is 522. The molecule has 0 aromatic heterocycles. The number of hydrogen-bond donors (Lipinski definition) is 1. The number of carbonyl (C=O) groups is 2. The Morgan fingerprint density at radius 1 is 1.12 bits per heavy atom. The summed E-state index contributed by atoms with van der Waals surface area (Å²) in [6.07, 6.45) is 4.65. The number of likely N-dealkylation sites (tertiary alicyclic amines) is 3. The summed E-state index contributed by atoms with van der Waals surface area (Å²) in [5.41, 5.74) is -0.390. The van der Waals surface area contributed by atoms with Crippen molar-refractivity contribution in [3.8, 4) is 0 Å². The van der Waals surface area contributed by atoms with Crippen LogP contribution in [-0.2, 0) is 9.59 Å². The molecule has 3 saturated heterocycles. The number of nitrogens with zero attached hydrogens (tertiary/aromatic N) is 3. The first-order chi connectivity index (χ1) is 11.8. The van der Waals surface area contributed by atoms with Crippen LogP contribution in [0, 0.1) is 11.3 Å². The van der Waals surface area contributed by atoms with Crippen molar-refractivity contribution in [1.82, 2.24) is 14.7 Å². The average molecular weight is 351 g/mol. The molecule has 3 aliphatic rings. The van der Waals surface area contributed by atoms with Crippen LogP contribution in [0.5, 0.6) is 0 Å². The quantitative estimate of drug-likeness (QED) is 0.804. The lowest BCUT2D eigenvalue weighted by atomic mass is 9.74. The summed E-state index contributed by atoms with van der Waals surface area (Å²) in [6.45, 7) is 7.90. The van der Waals surface area contributed by atoms with Crippen LogP contribution in [0.25, 0.3) is 0 Å². The van der Waals surface area contributed by atoms with E-state index in [1.165, 1.54) is 0 Å². The summed E-state index contributed by atoms with van der Waals surface area (Å²) in [6, 6.07) is 0. The van der Waals surface area contributed by atoms with Gasteiger partial charge in [-0.2, -0.15) is 0 Å². The van der Waals surface area contributed by atoms with Gasteiger partial charge in [-0.15, -0.1) is 0 Å². The highest BCUT2D eigenvalue weighted by atomic mass is 16.3. The van der Waals surface area contributed by atoms with Gasteiger partial charge in [-0.25, -0.2) is 0 Å². The Labute approximate surface area is 151 Å². The van der Waals surface area contributed by atoms with E-state index in [1.807, 2.05) is 16.7 Å². The monoisotopic (exact) mass is 351 g/mol. The molecule has 6 nitrogen and oxygen atoms in total. The van der Waals surface area contributed by atoms with Gasteiger partial charge < -0.3 is 19.8 Å². The molecule has 3 fully saturated rings. The van der Waals surface area contributed by atoms with Gasteiger partial charge in [0.15, 0.2) is 0 Å². The first-order valence-electron chi connectivity index (χ1n) is 9.65. The van der Waals surface area contributed by atoms with E-state index in [2.05, 4.69) is 11.9 Å². The number of piperidine rings is 2. The van der Waals surface area contributed by atoms with Crippen LogP contribution in [0.15, 0.2) is 0 Å². The normalized spacial score (nSPS) is 30.9. The predicted molar refractivity (Wildman–Crippen MR) is 96.0 cm³/mol. The largest absolute Gasteiger partial charge is 0.394 e. The minimum absolute atomic E-state index is 0.00651. The molecule has 0 saturated carbocycles. The first kappa shape index (κ1) is 18.6. The third-order valence-electron chi connectivity index (χ3n) is 6.83. The summed E-state index contributed by atoms with van der Waals surface area (Å²) >= 11 is 0. The van der Waals surface area contributed by atoms with E-state index in [1.54, 1.807) is 6.92 Å². The van der Waals surface area contributed by atoms with E-state index in [0.717, 1.165) is 64.8 Å². The van der Waals surface area contributed by atoms with E-state index in [4.69, 9.17) is 0 Å². The number of hydrogen-bond acceptors (Lipinski definition) is 4. The number of carbonyl (C=O) groups excluding carboxylic acids is 2. The number of rotatable bonds is 2. The molecule has 6 heteroatoms. The maximum atomic E-state index is 12.8. The van der Waals surface area contributed by atoms with Crippen LogP contribution < -0.4 is 0 Å². The number of aliphatic hydroxyl groups is 1. The fourth-order valence-corrected chi connectivity index (χ4v) is 5.17. The van der Waals surface area contributed by atoms with Crippen molar-refractivity contribution in [3.63, 3.8) is 0 Å². The van der Waals surface area contributed by atoms with Crippen molar-refractivity contribution in [2.45, 2.75) is 51.5 Å². The van der Waals surface area contributed by atoms with Gasteiger partial charge in [0.05, 0.1) is 12.1 Å². The van der Waals surface area contributed by atoms with E-state index in [-0.39, 0.29) is 23.8 Å². The molecule has 3 rings (SSSR count). The molecule has 0 aromatic rings. The van der Waals surface area contributed by atoms with E-state index in [0.29, 0.717) is 5.91 Å². The minimum Gasteiger partial charge on any atom is -0.394 e. The third-order valence-corrected chi connectivity index (χ3v) is 6.83. The molecule has 0 unspecified atom stereocenters. The molecule has 1 spiro atoms. The Morgan fingerprint density at radius 3 is 2.20 bits per heavy atom. The Hall–Kier alpha value is -1.14. The molecule has 3 heterocycles. The second-order valence-corrected chi connectivity index (χ2v) is 8.84. The van der Waals surface area contributed by atoms with Crippen LogP contribution in [0.3, 0.4) is 0 Å². The number of amides is 2. The number of aliphatic hydroxyl groups excluding tert-OH is 1. The Morgan fingerprint density at radius 2 is 1.72 bits per heavy atom. The van der Waals surface area contributed by atoms with Crippen molar-refractivity contribution < 1.29 is 14.7 Å². The van der Waals surface area contributed by atoms with Crippen molar-refractivity contribution in [3.05, 3.63) is 0 Å². The lowest BCUT2D eigenvalue weighted by molar-refractivity contribution is -0.139. The minimum atomic E-state index is -0.452. The van der Waals surface area contributed by atoms with Crippen LogP contribution in [0.1, 0.15) is 46.0 Å². The second-order valence-electron chi connectivity index (χ2n) is 8.84. The fourth-order valence-electron chi connectivity index (χ4n) is 5.17. The molecule has 25 heavy (non-hydrogen) atoms. The average Bonchev–Trinajstić information content (AvgIpc) is 2.89. The summed E-state index contributed by atoms with van der Waals surface area (Å²) in [5.74, 6) is 0.554. The lowest BCUT2D eigenvalue weighted by Crippen LogP contribution is -2.48. The van der Waals surface area contributed by atoms with Gasteiger partial charge >= 0.3 is 0 Å². The van der Waals surface area contributed by atoms with Gasteiger partial charge in [0.2, 0.25) is 11.8 Å². The zero-order valence-electron chi connectivity index (χ0n) is 16.0. The molecular weight excluding hydrogens is 318 g/mol. The highest BCUT2D eigenvalue weighted by Crippen LogP contribution is 2.48. The van der Waals surface area contributed by atoms with Crippen molar-refractivity contribution in [1.29, 1.82) is 0 Å². The summed E-state index contributed by atoms with van der Waals surface area (Å²) in [4.78, 5) is 31.0. The van der Waals surface area contributed by atoms with Gasteiger partial charge in [-0.3, -0.25) is 9.59 Å².